The molecule has 0 unspecified atom stereocenters. The predicted octanol–water partition coefficient (Wildman–Crippen LogP) is 1.95. The Morgan fingerprint density at radius 2 is 2.26 bits per heavy atom. The molecule has 0 aliphatic carbocycles. The minimum Gasteiger partial charge on any atom is -0.494 e. The van der Waals surface area contributed by atoms with E-state index in [0.717, 1.165) is 5.56 Å². The Balaban J connectivity index is 1.81. The van der Waals surface area contributed by atoms with Crippen LogP contribution < -0.4 is 4.74 Å². The molecule has 0 radical (unpaired) electrons. The van der Waals surface area contributed by atoms with Crippen molar-refractivity contribution >= 4 is 10.0 Å². The molecule has 1 aromatic heterocycles. The molecule has 23 heavy (non-hydrogen) atoms. The summed E-state index contributed by atoms with van der Waals surface area (Å²) in [6.07, 6.45) is 1.96. The summed E-state index contributed by atoms with van der Waals surface area (Å²) in [5.74, 6) is 1.25. The Bertz CT molecular complexity index is 774. The second kappa shape index (κ2) is 6.29. The van der Waals surface area contributed by atoms with E-state index in [1.807, 2.05) is 13.8 Å². The van der Waals surface area contributed by atoms with Gasteiger partial charge in [-0.25, -0.2) is 8.42 Å². The third-order valence-electron chi connectivity index (χ3n) is 3.98. The Kier molecular flexibility index (Phi) is 4.36. The first-order valence-corrected chi connectivity index (χ1v) is 8.96. The first-order valence-electron chi connectivity index (χ1n) is 7.52. The zero-order valence-electron chi connectivity index (χ0n) is 13.1. The second-order valence-electron chi connectivity index (χ2n) is 5.50. The van der Waals surface area contributed by atoms with Gasteiger partial charge in [0.05, 0.1) is 11.5 Å². The van der Waals surface area contributed by atoms with E-state index in [2.05, 4.69) is 10.1 Å². The van der Waals surface area contributed by atoms with Crippen LogP contribution in [0.15, 0.2) is 34.0 Å². The summed E-state index contributed by atoms with van der Waals surface area (Å²) in [6, 6.07) is 4.95. The molecule has 1 saturated heterocycles. The van der Waals surface area contributed by atoms with E-state index >= 15 is 0 Å². The molecule has 0 amide bonds. The van der Waals surface area contributed by atoms with E-state index in [9.17, 15) is 8.42 Å². The molecule has 2 aromatic rings. The monoisotopic (exact) mass is 337 g/mol. The van der Waals surface area contributed by atoms with Crippen LogP contribution in [-0.4, -0.2) is 42.6 Å². The summed E-state index contributed by atoms with van der Waals surface area (Å²) in [5.41, 5.74) is 0.807. The smallest absolute Gasteiger partial charge is 0.243 e. The van der Waals surface area contributed by atoms with Gasteiger partial charge >= 0.3 is 0 Å². The molecule has 0 spiro atoms. The normalized spacial score (nSPS) is 19.1. The van der Waals surface area contributed by atoms with Gasteiger partial charge in [0.25, 0.3) is 0 Å². The Labute approximate surface area is 135 Å². The van der Waals surface area contributed by atoms with E-state index in [-0.39, 0.29) is 10.8 Å². The van der Waals surface area contributed by atoms with E-state index in [1.54, 1.807) is 18.2 Å². The molecule has 1 aromatic carbocycles. The van der Waals surface area contributed by atoms with Gasteiger partial charge in [0.1, 0.15) is 5.75 Å². The quantitative estimate of drug-likeness (QED) is 0.829. The van der Waals surface area contributed by atoms with Gasteiger partial charge in [-0.3, -0.25) is 0 Å². The average Bonchev–Trinajstić information content (AvgIpc) is 3.20. The van der Waals surface area contributed by atoms with Crippen LogP contribution in [0.5, 0.6) is 5.75 Å². The molecule has 2 heterocycles. The highest BCUT2D eigenvalue weighted by atomic mass is 32.2. The lowest BCUT2D eigenvalue weighted by molar-refractivity contribution is 0.337. The van der Waals surface area contributed by atoms with Crippen LogP contribution in [0, 0.1) is 6.92 Å². The fourth-order valence-electron chi connectivity index (χ4n) is 2.76. The molecule has 0 bridgehead atoms. The molecule has 3 rings (SSSR count). The van der Waals surface area contributed by atoms with Crippen LogP contribution in [0.25, 0.3) is 0 Å². The number of sulfonamides is 1. The molecular formula is C15H19N3O4S. The number of hydrogen-bond donors (Lipinski definition) is 0. The summed E-state index contributed by atoms with van der Waals surface area (Å²) >= 11 is 0. The lowest BCUT2D eigenvalue weighted by Gasteiger charge is -2.17. The molecule has 1 fully saturated rings. The first kappa shape index (κ1) is 15.9. The third kappa shape index (κ3) is 3.09. The number of ether oxygens (including phenoxy) is 1. The number of aryl methyl sites for hydroxylation is 1. The van der Waals surface area contributed by atoms with Crippen molar-refractivity contribution in [1.82, 2.24) is 14.4 Å². The van der Waals surface area contributed by atoms with Crippen molar-refractivity contribution in [3.63, 3.8) is 0 Å². The maximum atomic E-state index is 12.8. The summed E-state index contributed by atoms with van der Waals surface area (Å²) in [4.78, 5) is 4.30. The zero-order chi connectivity index (χ0) is 16.4. The lowest BCUT2D eigenvalue weighted by atomic mass is 10.1. The van der Waals surface area contributed by atoms with Gasteiger partial charge in [0.2, 0.25) is 16.4 Å². The van der Waals surface area contributed by atoms with E-state index < -0.39 is 10.0 Å². The van der Waals surface area contributed by atoms with E-state index in [1.165, 1.54) is 10.7 Å². The minimum atomic E-state index is -3.53. The topological polar surface area (TPSA) is 85.5 Å². The van der Waals surface area contributed by atoms with Crippen LogP contribution in [0.2, 0.25) is 0 Å². The summed E-state index contributed by atoms with van der Waals surface area (Å²) < 4.78 is 37.3. The van der Waals surface area contributed by atoms with Crippen molar-refractivity contribution in [1.29, 1.82) is 0 Å². The van der Waals surface area contributed by atoms with E-state index in [0.29, 0.717) is 37.7 Å². The van der Waals surface area contributed by atoms with E-state index in [4.69, 9.17) is 9.26 Å². The van der Waals surface area contributed by atoms with Crippen molar-refractivity contribution in [3.8, 4) is 5.75 Å². The standard InChI is InChI=1S/C15H19N3O4S/c1-3-21-14-5-4-13(8-11(14)2)23(19,20)18-7-6-12(9-18)15-16-10-22-17-15/h4-5,8,10,12H,3,6-7,9H2,1-2H3/t12-/m0/s1. The average molecular weight is 337 g/mol. The van der Waals surface area contributed by atoms with Crippen LogP contribution in [0.4, 0.5) is 0 Å². The van der Waals surface area contributed by atoms with Crippen molar-refractivity contribution in [2.75, 3.05) is 19.7 Å². The van der Waals surface area contributed by atoms with Gasteiger partial charge in [0, 0.05) is 19.0 Å². The Morgan fingerprint density at radius 1 is 1.43 bits per heavy atom. The maximum absolute atomic E-state index is 12.8. The second-order valence-corrected chi connectivity index (χ2v) is 7.44. The van der Waals surface area contributed by atoms with Crippen molar-refractivity contribution in [3.05, 3.63) is 36.0 Å². The van der Waals surface area contributed by atoms with Crippen LogP contribution in [-0.2, 0) is 10.0 Å². The molecule has 0 saturated carbocycles. The van der Waals surface area contributed by atoms with Gasteiger partial charge < -0.3 is 9.26 Å². The summed E-state index contributed by atoms with van der Waals surface area (Å²) in [5, 5.41) is 3.81. The maximum Gasteiger partial charge on any atom is 0.243 e. The summed E-state index contributed by atoms with van der Waals surface area (Å²) in [6.45, 7) is 5.11. The Hall–Kier alpha value is -1.93. The molecule has 1 aliphatic heterocycles. The third-order valence-corrected chi connectivity index (χ3v) is 5.84. The van der Waals surface area contributed by atoms with Gasteiger partial charge in [-0.2, -0.15) is 9.29 Å². The molecular weight excluding hydrogens is 318 g/mol. The van der Waals surface area contributed by atoms with Crippen molar-refractivity contribution in [2.45, 2.75) is 31.1 Å². The van der Waals surface area contributed by atoms with Crippen LogP contribution in [0.1, 0.15) is 30.7 Å². The molecule has 7 nitrogen and oxygen atoms in total. The van der Waals surface area contributed by atoms with Crippen molar-refractivity contribution in [2.24, 2.45) is 0 Å². The number of nitrogens with zero attached hydrogens (tertiary/aromatic N) is 3. The van der Waals surface area contributed by atoms with Gasteiger partial charge in [-0.1, -0.05) is 5.16 Å². The largest absolute Gasteiger partial charge is 0.494 e. The van der Waals surface area contributed by atoms with Crippen LogP contribution in [0.3, 0.4) is 0 Å². The molecule has 8 heteroatoms. The molecule has 1 aliphatic rings. The highest BCUT2D eigenvalue weighted by molar-refractivity contribution is 7.89. The lowest BCUT2D eigenvalue weighted by Crippen LogP contribution is -2.28. The predicted molar refractivity (Wildman–Crippen MR) is 82.8 cm³/mol. The SMILES string of the molecule is CCOc1ccc(S(=O)(=O)N2CC[C@H](c3ncon3)C2)cc1C. The summed E-state index contributed by atoms with van der Waals surface area (Å²) in [7, 11) is -3.53. The zero-order valence-corrected chi connectivity index (χ0v) is 13.9. The van der Waals surface area contributed by atoms with Gasteiger partial charge in [0.15, 0.2) is 5.82 Å². The molecule has 0 N–H and O–H groups in total. The first-order chi connectivity index (χ1) is 11.0. The van der Waals surface area contributed by atoms with Gasteiger partial charge in [-0.05, 0) is 44.0 Å². The number of rotatable bonds is 5. The fourth-order valence-corrected chi connectivity index (χ4v) is 4.35. The van der Waals surface area contributed by atoms with Crippen molar-refractivity contribution < 1.29 is 17.7 Å². The fraction of sp³-hybridized carbons (Fsp3) is 0.467. The molecule has 124 valence electrons. The number of hydrogen-bond acceptors (Lipinski definition) is 6. The van der Waals surface area contributed by atoms with Crippen LogP contribution >= 0.6 is 0 Å². The minimum absolute atomic E-state index is 0.0210. The van der Waals surface area contributed by atoms with Gasteiger partial charge in [-0.15, -0.1) is 0 Å². The highest BCUT2D eigenvalue weighted by Gasteiger charge is 2.35. The highest BCUT2D eigenvalue weighted by Crippen LogP contribution is 2.30. The number of aromatic nitrogens is 2. The molecule has 1 atom stereocenters. The number of benzene rings is 1. The Morgan fingerprint density at radius 3 is 2.91 bits per heavy atom.